The van der Waals surface area contributed by atoms with E-state index in [1.165, 1.54) is 17.4 Å². The summed E-state index contributed by atoms with van der Waals surface area (Å²) in [5.74, 6) is 0.0348. The van der Waals surface area contributed by atoms with Crippen LogP contribution in [0.1, 0.15) is 17.0 Å². The Bertz CT molecular complexity index is 626. The van der Waals surface area contributed by atoms with Crippen LogP contribution in [-0.2, 0) is 12.6 Å². The van der Waals surface area contributed by atoms with Crippen LogP contribution in [0.2, 0.25) is 0 Å². The van der Waals surface area contributed by atoms with Gasteiger partial charge < -0.3 is 11.1 Å². The predicted octanol–water partition coefficient (Wildman–Crippen LogP) is 2.85. The van der Waals surface area contributed by atoms with Gasteiger partial charge in [-0.3, -0.25) is 0 Å². The van der Waals surface area contributed by atoms with Gasteiger partial charge in [0.1, 0.15) is 16.5 Å². The Balaban J connectivity index is 2.16. The maximum absolute atomic E-state index is 12.7. The third-order valence-electron chi connectivity index (χ3n) is 2.61. The van der Waals surface area contributed by atoms with Crippen LogP contribution in [0.5, 0.6) is 0 Å². The first-order valence-electron chi connectivity index (χ1n) is 5.87. The van der Waals surface area contributed by atoms with Crippen molar-refractivity contribution in [2.75, 3.05) is 11.9 Å². The molecule has 0 aliphatic carbocycles. The maximum Gasteiger partial charge on any atom is 0.433 e. The molecule has 112 valence electrons. The van der Waals surface area contributed by atoms with Crippen molar-refractivity contribution in [3.8, 4) is 0 Å². The van der Waals surface area contributed by atoms with Crippen molar-refractivity contribution in [3.05, 3.63) is 40.0 Å². The molecule has 0 saturated heterocycles. The summed E-state index contributed by atoms with van der Waals surface area (Å²) < 4.78 is 38.0. The van der Waals surface area contributed by atoms with E-state index in [-0.39, 0.29) is 16.4 Å². The van der Waals surface area contributed by atoms with E-state index in [1.54, 1.807) is 5.51 Å². The van der Waals surface area contributed by atoms with E-state index in [9.17, 15) is 13.2 Å². The monoisotopic (exact) mass is 332 g/mol. The maximum atomic E-state index is 12.7. The number of anilines is 1. The summed E-state index contributed by atoms with van der Waals surface area (Å²) in [6.45, 7) is 0.383. The van der Waals surface area contributed by atoms with Gasteiger partial charge in [-0.05, 0) is 12.1 Å². The molecule has 0 fully saturated rings. The lowest BCUT2D eigenvalue weighted by atomic mass is 10.2. The predicted molar refractivity (Wildman–Crippen MR) is 79.4 cm³/mol. The van der Waals surface area contributed by atoms with Crippen molar-refractivity contribution in [1.29, 1.82) is 0 Å². The first-order chi connectivity index (χ1) is 9.88. The topological polar surface area (TPSA) is 63.8 Å². The Hall–Kier alpha value is -1.74. The Morgan fingerprint density at radius 3 is 2.71 bits per heavy atom. The quantitative estimate of drug-likeness (QED) is 0.825. The summed E-state index contributed by atoms with van der Waals surface area (Å²) in [5, 5.41) is 4.70. The summed E-state index contributed by atoms with van der Waals surface area (Å²) in [5.41, 5.74) is 7.35. The summed E-state index contributed by atoms with van der Waals surface area (Å²) in [7, 11) is 0. The molecular formula is C12H11F3N4S2. The number of pyridine rings is 1. The second kappa shape index (κ2) is 6.35. The van der Waals surface area contributed by atoms with Crippen molar-refractivity contribution in [2.24, 2.45) is 5.73 Å². The van der Waals surface area contributed by atoms with Gasteiger partial charge in [0.05, 0.1) is 16.8 Å². The zero-order valence-electron chi connectivity index (χ0n) is 10.6. The number of alkyl halides is 3. The van der Waals surface area contributed by atoms with Crippen LogP contribution in [0.15, 0.2) is 23.0 Å². The average Bonchev–Trinajstić information content (AvgIpc) is 2.90. The number of halogens is 3. The minimum atomic E-state index is -4.51. The third kappa shape index (κ3) is 4.11. The van der Waals surface area contributed by atoms with Crippen LogP contribution in [-0.4, -0.2) is 21.5 Å². The number of rotatable bonds is 5. The van der Waals surface area contributed by atoms with Crippen LogP contribution >= 0.6 is 23.6 Å². The molecule has 2 aromatic rings. The summed E-state index contributed by atoms with van der Waals surface area (Å²) >= 11 is 6.28. The zero-order chi connectivity index (χ0) is 15.5. The number of nitrogens with two attached hydrogens (primary N) is 1. The normalized spacial score (nSPS) is 11.4. The number of aromatic nitrogens is 2. The second-order valence-corrected chi connectivity index (χ2v) is 5.27. The smallest absolute Gasteiger partial charge is 0.389 e. The molecule has 2 aromatic heterocycles. The molecule has 21 heavy (non-hydrogen) atoms. The fraction of sp³-hybridized carbons (Fsp3) is 0.250. The Morgan fingerprint density at radius 1 is 1.38 bits per heavy atom. The van der Waals surface area contributed by atoms with E-state index < -0.39 is 11.9 Å². The molecule has 2 rings (SSSR count). The lowest BCUT2D eigenvalue weighted by Crippen LogP contribution is -2.18. The van der Waals surface area contributed by atoms with Gasteiger partial charge in [-0.2, -0.15) is 13.2 Å². The molecule has 0 atom stereocenters. The number of thiocarbonyl (C=S) groups is 1. The zero-order valence-corrected chi connectivity index (χ0v) is 12.3. The van der Waals surface area contributed by atoms with Gasteiger partial charge in [0.15, 0.2) is 0 Å². The van der Waals surface area contributed by atoms with E-state index in [0.29, 0.717) is 13.0 Å². The van der Waals surface area contributed by atoms with Crippen LogP contribution < -0.4 is 11.1 Å². The lowest BCUT2D eigenvalue weighted by molar-refractivity contribution is -0.141. The number of thiazole rings is 1. The Morgan fingerprint density at radius 2 is 2.14 bits per heavy atom. The van der Waals surface area contributed by atoms with Crippen LogP contribution in [0, 0.1) is 0 Å². The third-order valence-corrected chi connectivity index (χ3v) is 3.46. The lowest BCUT2D eigenvalue weighted by Gasteiger charge is -2.13. The molecule has 0 bridgehead atoms. The standard InChI is InChI=1S/C12H11F3N4S2/c13-12(14,15)9-2-1-8(10(16)20)11(19-9)17-4-3-7-5-21-6-18-7/h1-2,5-6H,3-4H2,(H2,16,20)(H,17,19). The van der Waals surface area contributed by atoms with Gasteiger partial charge in [-0.1, -0.05) is 12.2 Å². The van der Waals surface area contributed by atoms with Crippen molar-refractivity contribution in [1.82, 2.24) is 9.97 Å². The van der Waals surface area contributed by atoms with Gasteiger partial charge in [-0.15, -0.1) is 11.3 Å². The van der Waals surface area contributed by atoms with Gasteiger partial charge in [0, 0.05) is 18.3 Å². The molecule has 0 aromatic carbocycles. The van der Waals surface area contributed by atoms with E-state index in [2.05, 4.69) is 15.3 Å². The van der Waals surface area contributed by atoms with Crippen molar-refractivity contribution >= 4 is 34.4 Å². The molecule has 0 amide bonds. The van der Waals surface area contributed by atoms with Gasteiger partial charge in [0.25, 0.3) is 0 Å². The van der Waals surface area contributed by atoms with Crippen molar-refractivity contribution in [2.45, 2.75) is 12.6 Å². The molecular weight excluding hydrogens is 321 g/mol. The van der Waals surface area contributed by atoms with E-state index in [0.717, 1.165) is 11.8 Å². The largest absolute Gasteiger partial charge is 0.433 e. The second-order valence-electron chi connectivity index (χ2n) is 4.11. The molecule has 0 unspecified atom stereocenters. The Kier molecular flexibility index (Phi) is 4.73. The molecule has 3 N–H and O–H groups in total. The SMILES string of the molecule is NC(=S)c1ccc(C(F)(F)F)nc1NCCc1cscn1. The molecule has 9 heteroatoms. The summed E-state index contributed by atoms with van der Waals surface area (Å²) in [6.07, 6.45) is -3.95. The Labute approximate surface area is 128 Å². The van der Waals surface area contributed by atoms with Crippen molar-refractivity contribution in [3.63, 3.8) is 0 Å². The number of nitrogens with one attached hydrogen (secondary N) is 1. The van der Waals surface area contributed by atoms with Crippen LogP contribution in [0.3, 0.4) is 0 Å². The molecule has 0 spiro atoms. The van der Waals surface area contributed by atoms with E-state index >= 15 is 0 Å². The highest BCUT2D eigenvalue weighted by Crippen LogP contribution is 2.29. The molecule has 2 heterocycles. The number of hydrogen-bond donors (Lipinski definition) is 2. The van der Waals surface area contributed by atoms with Crippen LogP contribution in [0.4, 0.5) is 19.0 Å². The average molecular weight is 332 g/mol. The van der Waals surface area contributed by atoms with Gasteiger partial charge in [0.2, 0.25) is 0 Å². The molecule has 0 radical (unpaired) electrons. The first-order valence-corrected chi connectivity index (χ1v) is 7.22. The van der Waals surface area contributed by atoms with Crippen LogP contribution in [0.25, 0.3) is 0 Å². The molecule has 0 aliphatic heterocycles. The highest BCUT2D eigenvalue weighted by Gasteiger charge is 2.33. The summed E-state index contributed by atoms with van der Waals surface area (Å²) in [4.78, 5) is 7.64. The van der Waals surface area contributed by atoms with Gasteiger partial charge in [-0.25, -0.2) is 9.97 Å². The minimum absolute atomic E-state index is 0.00705. The number of nitrogens with zero attached hydrogens (tertiary/aromatic N) is 2. The fourth-order valence-corrected chi connectivity index (χ4v) is 2.38. The highest BCUT2D eigenvalue weighted by molar-refractivity contribution is 7.80. The van der Waals surface area contributed by atoms with Gasteiger partial charge >= 0.3 is 6.18 Å². The molecule has 4 nitrogen and oxygen atoms in total. The van der Waals surface area contributed by atoms with E-state index in [4.69, 9.17) is 18.0 Å². The molecule has 0 aliphatic rings. The molecule has 0 saturated carbocycles. The van der Waals surface area contributed by atoms with E-state index in [1.807, 2.05) is 5.38 Å². The first kappa shape index (κ1) is 15.6. The summed E-state index contributed by atoms with van der Waals surface area (Å²) in [6, 6.07) is 2.09. The van der Waals surface area contributed by atoms with Crippen molar-refractivity contribution < 1.29 is 13.2 Å². The number of hydrogen-bond acceptors (Lipinski definition) is 5. The fourth-order valence-electron chi connectivity index (χ4n) is 1.62. The highest BCUT2D eigenvalue weighted by atomic mass is 32.1. The minimum Gasteiger partial charge on any atom is -0.389 e.